The topological polar surface area (TPSA) is 55.8 Å². The standard InChI is InChI=1S/C24H32O4/c1-15(26)28-24-11-10-23(13-17(24)14-25)21-7-4-16-12-18(27-3)5-6-19(16)20(21)8-9-22(23,24)2/h5-6,12,17,20-21,25H,4,7-11,13-14H2,1-3H3/t17-,20+,21+,22-,23-,24+/m0/s1. The van der Waals surface area contributed by atoms with Gasteiger partial charge in [-0.1, -0.05) is 13.0 Å². The van der Waals surface area contributed by atoms with Crippen molar-refractivity contribution in [1.29, 1.82) is 0 Å². The summed E-state index contributed by atoms with van der Waals surface area (Å²) < 4.78 is 11.6. The van der Waals surface area contributed by atoms with Gasteiger partial charge in [-0.15, -0.1) is 0 Å². The van der Waals surface area contributed by atoms with Gasteiger partial charge in [0.2, 0.25) is 0 Å². The first-order valence-corrected chi connectivity index (χ1v) is 10.9. The minimum Gasteiger partial charge on any atom is -0.497 e. The van der Waals surface area contributed by atoms with Gasteiger partial charge in [-0.3, -0.25) is 4.79 Å². The lowest BCUT2D eigenvalue weighted by molar-refractivity contribution is -0.182. The van der Waals surface area contributed by atoms with E-state index in [0.717, 1.165) is 44.3 Å². The minimum atomic E-state index is -0.473. The molecule has 3 fully saturated rings. The van der Waals surface area contributed by atoms with E-state index in [4.69, 9.17) is 9.47 Å². The van der Waals surface area contributed by atoms with Gasteiger partial charge < -0.3 is 14.6 Å². The molecule has 0 aromatic heterocycles. The molecule has 4 aliphatic rings. The molecule has 4 heteroatoms. The Labute approximate surface area is 167 Å². The summed E-state index contributed by atoms with van der Waals surface area (Å²) >= 11 is 0. The van der Waals surface area contributed by atoms with Crippen LogP contribution in [0.4, 0.5) is 0 Å². The van der Waals surface area contributed by atoms with Crippen LogP contribution >= 0.6 is 0 Å². The zero-order valence-corrected chi connectivity index (χ0v) is 17.3. The maximum Gasteiger partial charge on any atom is 0.303 e. The van der Waals surface area contributed by atoms with Gasteiger partial charge in [-0.25, -0.2) is 0 Å². The van der Waals surface area contributed by atoms with Crippen molar-refractivity contribution in [3.05, 3.63) is 29.3 Å². The molecule has 0 aliphatic heterocycles. The molecule has 3 saturated carbocycles. The quantitative estimate of drug-likeness (QED) is 0.792. The Balaban J connectivity index is 1.58. The first kappa shape index (κ1) is 18.5. The number of aliphatic hydroxyl groups is 1. The van der Waals surface area contributed by atoms with Crippen molar-refractivity contribution in [2.75, 3.05) is 13.7 Å². The molecule has 0 amide bonds. The third kappa shape index (κ3) is 2.03. The van der Waals surface area contributed by atoms with Crippen LogP contribution in [0, 0.1) is 22.7 Å². The molecule has 0 radical (unpaired) electrons. The predicted octanol–water partition coefficient (Wildman–Crippen LogP) is 4.24. The second-order valence-electron chi connectivity index (χ2n) is 9.91. The van der Waals surface area contributed by atoms with Crippen LogP contribution in [0.1, 0.15) is 69.4 Å². The van der Waals surface area contributed by atoms with Gasteiger partial charge in [0, 0.05) is 24.9 Å². The van der Waals surface area contributed by atoms with Crippen LogP contribution in [-0.2, 0) is 16.0 Å². The first-order valence-electron chi connectivity index (χ1n) is 10.9. The molecule has 0 saturated heterocycles. The number of benzene rings is 1. The largest absolute Gasteiger partial charge is 0.497 e. The van der Waals surface area contributed by atoms with Crippen molar-refractivity contribution in [2.45, 2.75) is 70.3 Å². The van der Waals surface area contributed by atoms with Crippen LogP contribution in [0.25, 0.3) is 0 Å². The van der Waals surface area contributed by atoms with E-state index in [1.165, 1.54) is 24.5 Å². The Morgan fingerprint density at radius 3 is 2.79 bits per heavy atom. The number of methoxy groups -OCH3 is 1. The Kier molecular flexibility index (Phi) is 3.94. The third-order valence-electron chi connectivity index (χ3n) is 9.42. The van der Waals surface area contributed by atoms with Crippen molar-refractivity contribution >= 4 is 5.97 Å². The van der Waals surface area contributed by atoms with Crippen LogP contribution in [-0.4, -0.2) is 30.4 Å². The summed E-state index contributed by atoms with van der Waals surface area (Å²) in [6.07, 6.45) is 7.53. The molecule has 1 aromatic carbocycles. The van der Waals surface area contributed by atoms with Crippen LogP contribution in [0.5, 0.6) is 5.75 Å². The van der Waals surface area contributed by atoms with Gasteiger partial charge >= 0.3 is 5.97 Å². The fourth-order valence-corrected chi connectivity index (χ4v) is 8.37. The Hall–Kier alpha value is -1.55. The van der Waals surface area contributed by atoms with Gasteiger partial charge in [0.25, 0.3) is 0 Å². The number of fused-ring (bicyclic) bond motifs is 3. The van der Waals surface area contributed by atoms with Crippen molar-refractivity contribution in [1.82, 2.24) is 0 Å². The summed E-state index contributed by atoms with van der Waals surface area (Å²) in [5.41, 5.74) is 2.63. The number of aliphatic hydroxyl groups excluding tert-OH is 1. The number of aryl methyl sites for hydroxylation is 1. The number of carbonyl (C=O) groups is 1. The van der Waals surface area contributed by atoms with E-state index in [1.54, 1.807) is 7.11 Å². The highest BCUT2D eigenvalue weighted by Crippen LogP contribution is 2.79. The van der Waals surface area contributed by atoms with Gasteiger partial charge in [-0.05, 0) is 85.5 Å². The van der Waals surface area contributed by atoms with Gasteiger partial charge in [0.1, 0.15) is 11.4 Å². The molecular formula is C24H32O4. The number of carbonyl (C=O) groups excluding carboxylic acids is 1. The Morgan fingerprint density at radius 2 is 2.07 bits per heavy atom. The maximum atomic E-state index is 12.0. The molecule has 0 unspecified atom stereocenters. The predicted molar refractivity (Wildman–Crippen MR) is 106 cm³/mol. The molecule has 2 bridgehead atoms. The number of hydrogen-bond donors (Lipinski definition) is 1. The van der Waals surface area contributed by atoms with Crippen molar-refractivity contribution in [3.63, 3.8) is 0 Å². The van der Waals surface area contributed by atoms with Crippen molar-refractivity contribution in [2.24, 2.45) is 22.7 Å². The molecule has 0 heterocycles. The molecule has 4 aliphatic carbocycles. The van der Waals surface area contributed by atoms with Crippen molar-refractivity contribution < 1.29 is 19.4 Å². The second kappa shape index (κ2) is 5.98. The highest BCUT2D eigenvalue weighted by molar-refractivity contribution is 5.67. The summed E-state index contributed by atoms with van der Waals surface area (Å²) in [6, 6.07) is 6.62. The molecule has 152 valence electrons. The maximum absolute atomic E-state index is 12.0. The summed E-state index contributed by atoms with van der Waals surface area (Å²) in [6.45, 7) is 4.02. The number of esters is 1. The smallest absolute Gasteiger partial charge is 0.303 e. The minimum absolute atomic E-state index is 0.0236. The molecule has 0 spiro atoms. The zero-order chi connectivity index (χ0) is 19.7. The number of hydrogen-bond acceptors (Lipinski definition) is 4. The van der Waals surface area contributed by atoms with E-state index in [-0.39, 0.29) is 29.3 Å². The zero-order valence-electron chi connectivity index (χ0n) is 17.3. The third-order valence-corrected chi connectivity index (χ3v) is 9.42. The van der Waals surface area contributed by atoms with Gasteiger partial charge in [0.15, 0.2) is 0 Å². The molecule has 1 N–H and O–H groups in total. The average Bonchev–Trinajstić information content (AvgIpc) is 3.06. The summed E-state index contributed by atoms with van der Waals surface area (Å²) in [5, 5.41) is 10.2. The average molecular weight is 385 g/mol. The molecule has 28 heavy (non-hydrogen) atoms. The van der Waals surface area contributed by atoms with Crippen LogP contribution in [0.3, 0.4) is 0 Å². The lowest BCUT2D eigenvalue weighted by Gasteiger charge is -2.57. The van der Waals surface area contributed by atoms with E-state index in [2.05, 4.69) is 25.1 Å². The second-order valence-corrected chi connectivity index (χ2v) is 9.91. The molecular weight excluding hydrogens is 352 g/mol. The fraction of sp³-hybridized carbons (Fsp3) is 0.708. The van der Waals surface area contributed by atoms with Gasteiger partial charge in [0.05, 0.1) is 7.11 Å². The van der Waals surface area contributed by atoms with Crippen LogP contribution < -0.4 is 4.74 Å². The molecule has 5 rings (SSSR count). The monoisotopic (exact) mass is 384 g/mol. The fourth-order valence-electron chi connectivity index (χ4n) is 8.37. The normalized spacial score (nSPS) is 43.1. The highest BCUT2D eigenvalue weighted by atomic mass is 16.6. The lowest BCUT2D eigenvalue weighted by Crippen LogP contribution is -2.54. The molecule has 4 nitrogen and oxygen atoms in total. The summed E-state index contributed by atoms with van der Waals surface area (Å²) in [4.78, 5) is 12.0. The number of rotatable bonds is 3. The number of ether oxygens (including phenoxy) is 2. The molecule has 6 atom stereocenters. The first-order chi connectivity index (χ1) is 13.4. The van der Waals surface area contributed by atoms with E-state index < -0.39 is 5.60 Å². The summed E-state index contributed by atoms with van der Waals surface area (Å²) in [7, 11) is 1.74. The highest BCUT2D eigenvalue weighted by Gasteiger charge is 2.78. The Morgan fingerprint density at radius 1 is 1.25 bits per heavy atom. The van der Waals surface area contributed by atoms with E-state index >= 15 is 0 Å². The lowest BCUT2D eigenvalue weighted by atomic mass is 9.48. The van der Waals surface area contributed by atoms with E-state index in [1.807, 2.05) is 0 Å². The summed E-state index contributed by atoms with van der Waals surface area (Å²) in [5.74, 6) is 2.02. The van der Waals surface area contributed by atoms with Crippen LogP contribution in [0.15, 0.2) is 18.2 Å². The van der Waals surface area contributed by atoms with Crippen LogP contribution in [0.2, 0.25) is 0 Å². The van der Waals surface area contributed by atoms with E-state index in [0.29, 0.717) is 11.8 Å². The van der Waals surface area contributed by atoms with E-state index in [9.17, 15) is 9.90 Å². The van der Waals surface area contributed by atoms with Crippen molar-refractivity contribution in [3.8, 4) is 5.75 Å². The van der Waals surface area contributed by atoms with Gasteiger partial charge in [-0.2, -0.15) is 0 Å². The Bertz CT molecular complexity index is 819. The SMILES string of the molecule is COc1ccc2c(c1)CC[C@@H]1[C@@H]2CC[C@@]2(C)[C@]13CC[C@@]2(OC(C)=O)[C@H](CO)C3. The molecule has 1 aromatic rings.